The molecule has 29 heavy (non-hydrogen) atoms. The molecule has 0 atom stereocenters. The van der Waals surface area contributed by atoms with E-state index in [9.17, 15) is 15.0 Å². The minimum Gasteiger partial charge on any atom is -0.506 e. The largest absolute Gasteiger partial charge is 0.506 e. The Morgan fingerprint density at radius 1 is 0.828 bits per heavy atom. The number of carbonyl (C=O) groups excluding carboxylic acids is 1. The molecule has 0 radical (unpaired) electrons. The maximum Gasteiger partial charge on any atom is 0.340 e. The Morgan fingerprint density at radius 3 is 1.90 bits per heavy atom. The van der Waals surface area contributed by atoms with Crippen LogP contribution in [0.25, 0.3) is 0 Å². The van der Waals surface area contributed by atoms with Crippen LogP contribution in [0.3, 0.4) is 0 Å². The molecule has 3 aromatic carbocycles. The molecular formula is C20H8Br4O4S. The van der Waals surface area contributed by atoms with E-state index in [1.807, 2.05) is 12.1 Å². The molecular weight excluding hydrogens is 656 g/mol. The lowest BCUT2D eigenvalue weighted by Crippen LogP contribution is -2.33. The number of carbonyl (C=O) groups is 1. The van der Waals surface area contributed by atoms with Gasteiger partial charge in [-0.3, -0.25) is 0 Å². The lowest BCUT2D eigenvalue weighted by Gasteiger charge is -2.38. The number of aromatic hydroxyl groups is 2. The van der Waals surface area contributed by atoms with Crippen molar-refractivity contribution in [3.05, 3.63) is 76.5 Å². The first-order valence-electron chi connectivity index (χ1n) is 8.21. The predicted octanol–water partition coefficient (Wildman–Crippen LogP) is 7.07. The Kier molecular flexibility index (Phi) is 4.64. The summed E-state index contributed by atoms with van der Waals surface area (Å²) in [5, 5.41) is 20.9. The molecule has 146 valence electrons. The third-order valence-corrected chi connectivity index (χ3v) is 9.57. The number of phenolic OH excluding ortho intramolecular Hbond substituents is 2. The van der Waals surface area contributed by atoms with E-state index in [1.54, 1.807) is 24.3 Å². The van der Waals surface area contributed by atoms with Gasteiger partial charge in [0, 0.05) is 26.5 Å². The first-order chi connectivity index (χ1) is 13.8. The van der Waals surface area contributed by atoms with Crippen molar-refractivity contribution in [2.75, 3.05) is 0 Å². The molecule has 3 aromatic rings. The Balaban J connectivity index is 1.99. The minimum absolute atomic E-state index is 0.0462. The Labute approximate surface area is 203 Å². The monoisotopic (exact) mass is 660 g/mol. The maximum absolute atomic E-state index is 12.9. The van der Waals surface area contributed by atoms with E-state index >= 15 is 0 Å². The van der Waals surface area contributed by atoms with E-state index in [-0.39, 0.29) is 11.5 Å². The normalized spacial score (nSPS) is 15.7. The smallest absolute Gasteiger partial charge is 0.340 e. The fourth-order valence-electron chi connectivity index (χ4n) is 3.77. The molecule has 0 saturated heterocycles. The second kappa shape index (κ2) is 6.75. The number of phenols is 2. The van der Waals surface area contributed by atoms with Crippen molar-refractivity contribution in [3.63, 3.8) is 0 Å². The molecule has 0 aromatic heterocycles. The second-order valence-corrected chi connectivity index (χ2v) is 10.8. The highest BCUT2D eigenvalue weighted by atomic mass is 79.9. The first kappa shape index (κ1) is 19.9. The molecule has 0 aliphatic carbocycles. The summed E-state index contributed by atoms with van der Waals surface area (Å²) >= 11 is 15.1. The van der Waals surface area contributed by atoms with E-state index in [0.29, 0.717) is 49.9 Å². The van der Waals surface area contributed by atoms with Crippen LogP contribution < -0.4 is 0 Å². The van der Waals surface area contributed by atoms with Crippen molar-refractivity contribution < 1.29 is 19.7 Å². The molecule has 2 aliphatic heterocycles. The summed E-state index contributed by atoms with van der Waals surface area (Å²) in [5.41, 5.74) is 1.41. The van der Waals surface area contributed by atoms with Gasteiger partial charge in [-0.15, -0.1) is 0 Å². The van der Waals surface area contributed by atoms with E-state index < -0.39 is 11.6 Å². The van der Waals surface area contributed by atoms with Gasteiger partial charge < -0.3 is 14.9 Å². The first-order valence-corrected chi connectivity index (χ1v) is 12.2. The van der Waals surface area contributed by atoms with Crippen molar-refractivity contribution in [2.45, 2.75) is 15.4 Å². The molecule has 1 spiro atoms. The van der Waals surface area contributed by atoms with Crippen molar-refractivity contribution in [1.29, 1.82) is 0 Å². The topological polar surface area (TPSA) is 66.8 Å². The quantitative estimate of drug-likeness (QED) is 0.252. The highest BCUT2D eigenvalue weighted by Gasteiger charge is 2.54. The van der Waals surface area contributed by atoms with E-state index in [2.05, 4.69) is 63.7 Å². The van der Waals surface area contributed by atoms with Crippen LogP contribution in [-0.2, 0) is 10.3 Å². The predicted molar refractivity (Wildman–Crippen MR) is 123 cm³/mol. The second-order valence-electron chi connectivity index (χ2n) is 6.51. The van der Waals surface area contributed by atoms with Gasteiger partial charge in [0.15, 0.2) is 5.60 Å². The highest BCUT2D eigenvalue weighted by Crippen LogP contribution is 2.62. The molecule has 2 N–H and O–H groups in total. The molecule has 2 heterocycles. The van der Waals surface area contributed by atoms with Crippen molar-refractivity contribution in [3.8, 4) is 11.5 Å². The zero-order valence-corrected chi connectivity index (χ0v) is 21.3. The molecule has 5 rings (SSSR count). The molecule has 0 saturated carbocycles. The van der Waals surface area contributed by atoms with Crippen LogP contribution in [0.1, 0.15) is 27.0 Å². The van der Waals surface area contributed by atoms with E-state index in [1.165, 1.54) is 11.8 Å². The summed E-state index contributed by atoms with van der Waals surface area (Å²) in [7, 11) is 0. The van der Waals surface area contributed by atoms with Gasteiger partial charge in [-0.1, -0.05) is 30.0 Å². The summed E-state index contributed by atoms with van der Waals surface area (Å²) in [6.45, 7) is 0. The fourth-order valence-corrected chi connectivity index (χ4v) is 7.70. The van der Waals surface area contributed by atoms with Crippen LogP contribution in [0.15, 0.2) is 64.1 Å². The number of halogens is 4. The van der Waals surface area contributed by atoms with Crippen LogP contribution in [-0.4, -0.2) is 16.2 Å². The summed E-state index contributed by atoms with van der Waals surface area (Å²) in [6, 6.07) is 10.8. The number of ether oxygens (including phenoxy) is 1. The molecule has 0 bridgehead atoms. The van der Waals surface area contributed by atoms with Gasteiger partial charge in [0.1, 0.15) is 11.5 Å². The third kappa shape index (κ3) is 2.57. The maximum atomic E-state index is 12.9. The summed E-state index contributed by atoms with van der Waals surface area (Å²) in [5.74, 6) is -0.333. The highest BCUT2D eigenvalue weighted by molar-refractivity contribution is 9.11. The van der Waals surface area contributed by atoms with Gasteiger partial charge >= 0.3 is 5.97 Å². The van der Waals surface area contributed by atoms with Gasteiger partial charge in [-0.25, -0.2) is 4.79 Å². The number of rotatable bonds is 0. The standard InChI is InChI=1S/C20H8Br4O4S/c21-11-5-9-17(13(23)15(11)25)29-18-10(6-12(22)16(26)14(18)24)20(9)8-4-2-1-3-7(8)19(27)28-20/h1-6,25-26H. The third-order valence-electron chi connectivity index (χ3n) is 5.03. The van der Waals surface area contributed by atoms with Gasteiger partial charge in [-0.05, 0) is 81.9 Å². The van der Waals surface area contributed by atoms with Crippen LogP contribution in [0.4, 0.5) is 0 Å². The lowest BCUT2D eigenvalue weighted by atomic mass is 9.79. The lowest BCUT2D eigenvalue weighted by molar-refractivity contribution is 0.0231. The Hall–Kier alpha value is -1.000. The summed E-state index contributed by atoms with van der Waals surface area (Å²) < 4.78 is 8.02. The van der Waals surface area contributed by atoms with Crippen molar-refractivity contribution >= 4 is 81.5 Å². The molecule has 9 heteroatoms. The van der Waals surface area contributed by atoms with Gasteiger partial charge in [0.2, 0.25) is 0 Å². The number of hydrogen-bond donors (Lipinski definition) is 2. The SMILES string of the molecule is O=C1OC2(c3ccccc31)c1cc(Br)c(O)c(Br)c1Sc1c2cc(Br)c(O)c1Br. The number of fused-ring (bicyclic) bond motifs is 6. The fraction of sp³-hybridized carbons (Fsp3) is 0.0500. The van der Waals surface area contributed by atoms with Gasteiger partial charge in [0.05, 0.1) is 23.5 Å². The summed E-state index contributed by atoms with van der Waals surface area (Å²) in [6.07, 6.45) is 0. The van der Waals surface area contributed by atoms with Gasteiger partial charge in [-0.2, -0.15) is 0 Å². The molecule has 4 nitrogen and oxygen atoms in total. The van der Waals surface area contributed by atoms with Crippen LogP contribution in [0.5, 0.6) is 11.5 Å². The molecule has 2 aliphatic rings. The average Bonchev–Trinajstić information content (AvgIpc) is 3.00. The van der Waals surface area contributed by atoms with Crippen molar-refractivity contribution in [1.82, 2.24) is 0 Å². The van der Waals surface area contributed by atoms with Gasteiger partial charge in [0.25, 0.3) is 0 Å². The van der Waals surface area contributed by atoms with Crippen molar-refractivity contribution in [2.24, 2.45) is 0 Å². The minimum atomic E-state index is -1.22. The van der Waals surface area contributed by atoms with E-state index in [0.717, 1.165) is 0 Å². The zero-order chi connectivity index (χ0) is 20.7. The summed E-state index contributed by atoms with van der Waals surface area (Å²) in [4.78, 5) is 14.3. The Morgan fingerprint density at radius 2 is 1.34 bits per heavy atom. The zero-order valence-electron chi connectivity index (χ0n) is 14.1. The van der Waals surface area contributed by atoms with Crippen LogP contribution >= 0.6 is 75.5 Å². The Bertz CT molecular complexity index is 1190. The number of benzene rings is 3. The average molecular weight is 664 g/mol. The molecule has 0 amide bonds. The number of esters is 1. The van der Waals surface area contributed by atoms with Crippen LogP contribution in [0, 0.1) is 0 Å². The molecule has 0 unspecified atom stereocenters. The number of hydrogen-bond acceptors (Lipinski definition) is 5. The molecule has 0 fully saturated rings. The van der Waals surface area contributed by atoms with Crippen LogP contribution in [0.2, 0.25) is 0 Å². The van der Waals surface area contributed by atoms with E-state index in [4.69, 9.17) is 4.74 Å².